The Bertz CT molecular complexity index is 1720. The Morgan fingerprint density at radius 3 is 2.00 bits per heavy atom. The molecule has 0 saturated carbocycles. The summed E-state index contributed by atoms with van der Waals surface area (Å²) in [6.07, 6.45) is 0.226. The van der Waals surface area contributed by atoms with E-state index in [1.807, 2.05) is 77.1 Å². The van der Waals surface area contributed by atoms with Crippen LogP contribution in [-0.4, -0.2) is 43.8 Å². The normalized spacial score (nSPS) is 12.1. The summed E-state index contributed by atoms with van der Waals surface area (Å²) in [6, 6.07) is 27.4. The maximum Gasteiger partial charge on any atom is 0.264 e. The SMILES string of the molecule is Cc1ccc(S(=O)(=O)N(CC(=O)N(Cc2ccccc2Cl)[C@@H](Cc2ccccc2)C(=O)NC(C)C)c2cc(C)cc(C)c2)cc1. The molecule has 0 aliphatic carbocycles. The number of carbonyl (C=O) groups is 2. The summed E-state index contributed by atoms with van der Waals surface area (Å²) in [5.41, 5.74) is 4.48. The van der Waals surface area contributed by atoms with Crippen LogP contribution in [0.3, 0.4) is 0 Å². The number of nitrogens with zero attached hydrogens (tertiary/aromatic N) is 2. The Morgan fingerprint density at radius 2 is 1.40 bits per heavy atom. The van der Waals surface area contributed by atoms with E-state index in [2.05, 4.69) is 5.32 Å². The summed E-state index contributed by atoms with van der Waals surface area (Å²) in [4.78, 5) is 29.9. The number of sulfonamides is 1. The van der Waals surface area contributed by atoms with Gasteiger partial charge in [-0.25, -0.2) is 8.42 Å². The maximum atomic E-state index is 14.6. The molecule has 45 heavy (non-hydrogen) atoms. The number of hydrogen-bond donors (Lipinski definition) is 1. The molecule has 0 aromatic heterocycles. The van der Waals surface area contributed by atoms with Gasteiger partial charge in [-0.05, 0) is 87.2 Å². The summed E-state index contributed by atoms with van der Waals surface area (Å²) < 4.78 is 29.6. The molecule has 0 spiro atoms. The van der Waals surface area contributed by atoms with E-state index in [-0.39, 0.29) is 29.8 Å². The van der Waals surface area contributed by atoms with Crippen LogP contribution in [0.15, 0.2) is 102 Å². The molecule has 236 valence electrons. The van der Waals surface area contributed by atoms with E-state index >= 15 is 0 Å². The zero-order valence-corrected chi connectivity index (χ0v) is 27.9. The second kappa shape index (κ2) is 14.8. The van der Waals surface area contributed by atoms with Crippen molar-refractivity contribution in [2.24, 2.45) is 0 Å². The molecule has 2 amide bonds. The molecule has 4 aromatic carbocycles. The van der Waals surface area contributed by atoms with Gasteiger partial charge in [-0.15, -0.1) is 0 Å². The molecule has 9 heteroatoms. The fraction of sp³-hybridized carbons (Fsp3) is 0.278. The number of nitrogens with one attached hydrogen (secondary N) is 1. The molecule has 0 heterocycles. The molecule has 0 aliphatic heterocycles. The largest absolute Gasteiger partial charge is 0.352 e. The van der Waals surface area contributed by atoms with Crippen LogP contribution in [0.25, 0.3) is 0 Å². The number of carbonyl (C=O) groups excluding carboxylic acids is 2. The lowest BCUT2D eigenvalue weighted by Crippen LogP contribution is -2.54. The van der Waals surface area contributed by atoms with Crippen molar-refractivity contribution in [3.63, 3.8) is 0 Å². The fourth-order valence-electron chi connectivity index (χ4n) is 5.21. The van der Waals surface area contributed by atoms with Crippen LogP contribution in [0.5, 0.6) is 0 Å². The van der Waals surface area contributed by atoms with Gasteiger partial charge in [-0.2, -0.15) is 0 Å². The van der Waals surface area contributed by atoms with Crippen LogP contribution in [0, 0.1) is 20.8 Å². The van der Waals surface area contributed by atoms with Crippen molar-refractivity contribution in [2.45, 2.75) is 64.6 Å². The van der Waals surface area contributed by atoms with Gasteiger partial charge >= 0.3 is 0 Å². The molecule has 0 radical (unpaired) electrons. The minimum atomic E-state index is -4.18. The van der Waals surface area contributed by atoms with E-state index in [1.165, 1.54) is 4.90 Å². The lowest BCUT2D eigenvalue weighted by atomic mass is 10.0. The van der Waals surface area contributed by atoms with Gasteiger partial charge in [0.2, 0.25) is 11.8 Å². The topological polar surface area (TPSA) is 86.8 Å². The van der Waals surface area contributed by atoms with Crippen molar-refractivity contribution >= 4 is 39.1 Å². The molecule has 0 bridgehead atoms. The van der Waals surface area contributed by atoms with Gasteiger partial charge in [-0.1, -0.05) is 83.9 Å². The smallest absolute Gasteiger partial charge is 0.264 e. The second-order valence-electron chi connectivity index (χ2n) is 11.7. The number of halogens is 1. The van der Waals surface area contributed by atoms with E-state index in [9.17, 15) is 18.0 Å². The van der Waals surface area contributed by atoms with Crippen LogP contribution >= 0.6 is 11.6 Å². The zero-order valence-electron chi connectivity index (χ0n) is 26.3. The summed E-state index contributed by atoms with van der Waals surface area (Å²) in [5.74, 6) is -0.877. The van der Waals surface area contributed by atoms with Crippen LogP contribution in [0.4, 0.5) is 5.69 Å². The monoisotopic (exact) mass is 645 g/mol. The maximum absolute atomic E-state index is 14.6. The summed E-state index contributed by atoms with van der Waals surface area (Å²) in [6.45, 7) is 8.83. The van der Waals surface area contributed by atoms with Gasteiger partial charge in [0, 0.05) is 24.0 Å². The van der Waals surface area contributed by atoms with Gasteiger partial charge in [0.1, 0.15) is 12.6 Å². The highest BCUT2D eigenvalue weighted by molar-refractivity contribution is 7.92. The average Bonchev–Trinajstić information content (AvgIpc) is 2.98. The van der Waals surface area contributed by atoms with Crippen molar-refractivity contribution in [1.82, 2.24) is 10.2 Å². The van der Waals surface area contributed by atoms with Gasteiger partial charge in [0.25, 0.3) is 10.0 Å². The Labute approximate surface area is 271 Å². The van der Waals surface area contributed by atoms with Crippen LogP contribution in [-0.2, 0) is 32.6 Å². The third kappa shape index (κ3) is 8.74. The fourth-order valence-corrected chi connectivity index (χ4v) is 6.80. The number of rotatable bonds is 12. The predicted molar refractivity (Wildman–Crippen MR) is 181 cm³/mol. The van der Waals surface area contributed by atoms with Gasteiger partial charge in [0.05, 0.1) is 10.6 Å². The van der Waals surface area contributed by atoms with Crippen molar-refractivity contribution in [3.05, 3.63) is 130 Å². The molecule has 0 fully saturated rings. The Balaban J connectivity index is 1.84. The van der Waals surface area contributed by atoms with Crippen molar-refractivity contribution in [2.75, 3.05) is 10.8 Å². The Morgan fingerprint density at radius 1 is 0.800 bits per heavy atom. The van der Waals surface area contributed by atoms with Crippen molar-refractivity contribution in [1.29, 1.82) is 0 Å². The molecule has 1 N–H and O–H groups in total. The first-order chi connectivity index (χ1) is 21.3. The van der Waals surface area contributed by atoms with Gasteiger partial charge < -0.3 is 10.2 Å². The lowest BCUT2D eigenvalue weighted by Gasteiger charge is -2.34. The van der Waals surface area contributed by atoms with Crippen LogP contribution < -0.4 is 9.62 Å². The van der Waals surface area contributed by atoms with Crippen LogP contribution in [0.2, 0.25) is 5.02 Å². The molecule has 4 aromatic rings. The van der Waals surface area contributed by atoms with E-state index in [4.69, 9.17) is 11.6 Å². The van der Waals surface area contributed by atoms with E-state index < -0.39 is 28.5 Å². The van der Waals surface area contributed by atoms with E-state index in [1.54, 1.807) is 54.6 Å². The molecule has 0 unspecified atom stereocenters. The number of benzene rings is 4. The predicted octanol–water partition coefficient (Wildman–Crippen LogP) is 6.63. The highest BCUT2D eigenvalue weighted by Gasteiger charge is 2.35. The first-order valence-corrected chi connectivity index (χ1v) is 16.7. The molecular formula is C36H40ClN3O4S. The minimum Gasteiger partial charge on any atom is -0.352 e. The highest BCUT2D eigenvalue weighted by Crippen LogP contribution is 2.28. The quantitative estimate of drug-likeness (QED) is 0.188. The van der Waals surface area contributed by atoms with Crippen molar-refractivity contribution in [3.8, 4) is 0 Å². The third-order valence-corrected chi connectivity index (χ3v) is 9.54. The molecular weight excluding hydrogens is 606 g/mol. The summed E-state index contributed by atoms with van der Waals surface area (Å²) in [5, 5.41) is 3.40. The lowest BCUT2D eigenvalue weighted by molar-refractivity contribution is -0.140. The first kappa shape index (κ1) is 33.7. The van der Waals surface area contributed by atoms with E-state index in [0.717, 1.165) is 26.6 Å². The molecule has 0 saturated heterocycles. The summed E-state index contributed by atoms with van der Waals surface area (Å²) >= 11 is 6.56. The Kier molecular flexibility index (Phi) is 11.1. The molecule has 1 atom stereocenters. The molecule has 4 rings (SSSR count). The standard InChI is InChI=1S/C36H40ClN3O4S/c1-25(2)38-36(42)34(22-29-11-7-6-8-12-29)39(23-30-13-9-10-14-33(30)37)35(41)24-40(31-20-27(4)19-28(5)21-31)45(43,44)32-17-15-26(3)16-18-32/h6-21,25,34H,22-24H2,1-5H3,(H,38,42)/t34-/m0/s1. The number of anilines is 1. The molecule has 0 aliphatic rings. The van der Waals surface area contributed by atoms with Gasteiger partial charge in [-0.3, -0.25) is 13.9 Å². The number of amides is 2. The van der Waals surface area contributed by atoms with Crippen molar-refractivity contribution < 1.29 is 18.0 Å². The molecule has 7 nitrogen and oxygen atoms in total. The van der Waals surface area contributed by atoms with E-state index in [0.29, 0.717) is 16.3 Å². The Hall–Kier alpha value is -4.14. The average molecular weight is 646 g/mol. The second-order valence-corrected chi connectivity index (χ2v) is 13.9. The summed E-state index contributed by atoms with van der Waals surface area (Å²) in [7, 11) is -4.18. The third-order valence-electron chi connectivity index (χ3n) is 7.38. The van der Waals surface area contributed by atoms with Gasteiger partial charge in [0.15, 0.2) is 0 Å². The van der Waals surface area contributed by atoms with Crippen LogP contribution in [0.1, 0.15) is 41.7 Å². The number of aryl methyl sites for hydroxylation is 3. The zero-order chi connectivity index (χ0) is 32.7. The highest BCUT2D eigenvalue weighted by atomic mass is 35.5. The first-order valence-electron chi connectivity index (χ1n) is 14.9. The number of hydrogen-bond acceptors (Lipinski definition) is 4. The minimum absolute atomic E-state index is 0.00673.